The van der Waals surface area contributed by atoms with E-state index in [4.69, 9.17) is 4.74 Å². The van der Waals surface area contributed by atoms with Gasteiger partial charge in [0.2, 0.25) is 5.91 Å². The number of hydrogen-bond acceptors (Lipinski definition) is 3. The molecule has 1 unspecified atom stereocenters. The lowest BCUT2D eigenvalue weighted by molar-refractivity contribution is -0.122. The number of rotatable bonds is 5. The van der Waals surface area contributed by atoms with E-state index in [0.29, 0.717) is 6.42 Å². The number of methoxy groups -OCH3 is 1. The van der Waals surface area contributed by atoms with Crippen LogP contribution in [0.1, 0.15) is 17.5 Å². The Morgan fingerprint density at radius 2 is 2.11 bits per heavy atom. The van der Waals surface area contributed by atoms with Crippen molar-refractivity contribution in [2.75, 3.05) is 20.2 Å². The van der Waals surface area contributed by atoms with Gasteiger partial charge >= 0.3 is 0 Å². The molecule has 0 spiro atoms. The van der Waals surface area contributed by atoms with E-state index in [0.717, 1.165) is 19.5 Å². The third kappa shape index (κ3) is 4.04. The number of benzene rings is 1. The Bertz CT molecular complexity index is 417. The molecule has 19 heavy (non-hydrogen) atoms. The molecule has 1 fully saturated rings. The van der Waals surface area contributed by atoms with Gasteiger partial charge in [-0.3, -0.25) is 4.79 Å². The zero-order valence-electron chi connectivity index (χ0n) is 11.6. The molecule has 1 aromatic carbocycles. The second-order valence-electron chi connectivity index (χ2n) is 5.09. The van der Waals surface area contributed by atoms with Crippen molar-refractivity contribution in [3.8, 4) is 0 Å². The minimum Gasteiger partial charge on any atom is -0.378 e. The molecular formula is C15H22N2O2. The third-order valence-corrected chi connectivity index (χ3v) is 3.57. The van der Waals surface area contributed by atoms with Crippen molar-refractivity contribution in [2.45, 2.75) is 31.9 Å². The summed E-state index contributed by atoms with van der Waals surface area (Å²) in [4.78, 5) is 11.9. The largest absolute Gasteiger partial charge is 0.378 e. The predicted octanol–water partition coefficient (Wildman–Crippen LogP) is 1.03. The van der Waals surface area contributed by atoms with Gasteiger partial charge in [0.15, 0.2) is 0 Å². The van der Waals surface area contributed by atoms with E-state index in [2.05, 4.69) is 41.8 Å². The van der Waals surface area contributed by atoms with E-state index in [1.54, 1.807) is 7.11 Å². The molecule has 0 saturated carbocycles. The van der Waals surface area contributed by atoms with Crippen LogP contribution < -0.4 is 10.6 Å². The Labute approximate surface area is 114 Å². The molecule has 1 saturated heterocycles. The van der Waals surface area contributed by atoms with E-state index in [1.807, 2.05) is 0 Å². The minimum atomic E-state index is 0.0864. The highest BCUT2D eigenvalue weighted by molar-refractivity contribution is 5.76. The number of carbonyl (C=O) groups is 1. The van der Waals surface area contributed by atoms with Crippen LogP contribution >= 0.6 is 0 Å². The molecule has 4 heteroatoms. The van der Waals surface area contributed by atoms with Crippen LogP contribution in [0.25, 0.3) is 0 Å². The SMILES string of the molecule is CO[C@H]1CNCC1NC(=O)CCc1ccc(C)cc1. The lowest BCUT2D eigenvalue weighted by Crippen LogP contribution is -2.43. The standard InChI is InChI=1S/C15H22N2O2/c1-11-3-5-12(6-4-11)7-8-15(18)17-13-9-16-10-14(13)19-2/h3-6,13-14,16H,7-10H2,1-2H3,(H,17,18)/t13?,14-/m0/s1. The zero-order chi connectivity index (χ0) is 13.7. The fourth-order valence-corrected chi connectivity index (χ4v) is 2.34. The summed E-state index contributed by atoms with van der Waals surface area (Å²) < 4.78 is 5.32. The average Bonchev–Trinajstić information content (AvgIpc) is 2.85. The molecule has 1 heterocycles. The molecule has 0 aromatic heterocycles. The maximum absolute atomic E-state index is 11.9. The fourth-order valence-electron chi connectivity index (χ4n) is 2.34. The van der Waals surface area contributed by atoms with Crippen molar-refractivity contribution in [1.82, 2.24) is 10.6 Å². The second-order valence-corrected chi connectivity index (χ2v) is 5.09. The van der Waals surface area contributed by atoms with Gasteiger partial charge in [-0.2, -0.15) is 0 Å². The highest BCUT2D eigenvalue weighted by Crippen LogP contribution is 2.07. The van der Waals surface area contributed by atoms with Crippen molar-refractivity contribution in [3.63, 3.8) is 0 Å². The summed E-state index contributed by atoms with van der Waals surface area (Å²) >= 11 is 0. The first-order valence-electron chi connectivity index (χ1n) is 6.77. The molecule has 2 N–H and O–H groups in total. The molecule has 4 nitrogen and oxygen atoms in total. The molecule has 0 radical (unpaired) electrons. The molecule has 104 valence electrons. The van der Waals surface area contributed by atoms with Crippen molar-refractivity contribution in [1.29, 1.82) is 0 Å². The van der Waals surface area contributed by atoms with Crippen LogP contribution in [0.2, 0.25) is 0 Å². The van der Waals surface area contributed by atoms with Crippen molar-refractivity contribution >= 4 is 5.91 Å². The van der Waals surface area contributed by atoms with E-state index in [9.17, 15) is 4.79 Å². The summed E-state index contributed by atoms with van der Waals surface area (Å²) in [6, 6.07) is 8.41. The van der Waals surface area contributed by atoms with Gasteiger partial charge in [-0.25, -0.2) is 0 Å². The predicted molar refractivity (Wildman–Crippen MR) is 75.1 cm³/mol. The third-order valence-electron chi connectivity index (χ3n) is 3.57. The molecule has 1 aromatic rings. The van der Waals surface area contributed by atoms with E-state index >= 15 is 0 Å². The number of hydrogen-bond donors (Lipinski definition) is 2. The number of ether oxygens (including phenoxy) is 1. The monoisotopic (exact) mass is 262 g/mol. The van der Waals surface area contributed by atoms with E-state index in [-0.39, 0.29) is 18.1 Å². The number of aryl methyl sites for hydroxylation is 2. The Balaban J connectivity index is 1.77. The summed E-state index contributed by atoms with van der Waals surface area (Å²) in [5, 5.41) is 6.25. The first kappa shape index (κ1) is 14.0. The normalized spacial score (nSPS) is 22.4. The molecule has 0 bridgehead atoms. The second kappa shape index (κ2) is 6.68. The van der Waals surface area contributed by atoms with Gasteiger partial charge < -0.3 is 15.4 Å². The Morgan fingerprint density at radius 3 is 2.79 bits per heavy atom. The van der Waals surface area contributed by atoms with Crippen LogP contribution in [0.3, 0.4) is 0 Å². The van der Waals surface area contributed by atoms with Crippen LogP contribution in [0.15, 0.2) is 24.3 Å². The summed E-state index contributed by atoms with van der Waals surface area (Å²) in [5.74, 6) is 0.0938. The smallest absolute Gasteiger partial charge is 0.220 e. The van der Waals surface area contributed by atoms with Gasteiger partial charge in [0.25, 0.3) is 0 Å². The van der Waals surface area contributed by atoms with Crippen LogP contribution in [-0.2, 0) is 16.0 Å². The minimum absolute atomic E-state index is 0.0864. The van der Waals surface area contributed by atoms with Gasteiger partial charge in [0.05, 0.1) is 12.1 Å². The Hall–Kier alpha value is -1.39. The fraction of sp³-hybridized carbons (Fsp3) is 0.533. The highest BCUT2D eigenvalue weighted by atomic mass is 16.5. The lowest BCUT2D eigenvalue weighted by Gasteiger charge is -2.18. The number of carbonyl (C=O) groups excluding carboxylic acids is 1. The van der Waals surface area contributed by atoms with Crippen LogP contribution in [0.4, 0.5) is 0 Å². The van der Waals surface area contributed by atoms with Gasteiger partial charge in [-0.15, -0.1) is 0 Å². The maximum atomic E-state index is 11.9. The van der Waals surface area contributed by atoms with Crippen LogP contribution in [-0.4, -0.2) is 38.3 Å². The highest BCUT2D eigenvalue weighted by Gasteiger charge is 2.27. The molecular weight excluding hydrogens is 240 g/mol. The Kier molecular flexibility index (Phi) is 4.93. The number of nitrogens with one attached hydrogen (secondary N) is 2. The summed E-state index contributed by atoms with van der Waals surface area (Å²) in [5.41, 5.74) is 2.45. The first-order valence-corrected chi connectivity index (χ1v) is 6.77. The lowest BCUT2D eigenvalue weighted by atomic mass is 10.1. The molecule has 1 amide bonds. The summed E-state index contributed by atoms with van der Waals surface area (Å²) in [7, 11) is 1.68. The van der Waals surface area contributed by atoms with Crippen molar-refractivity contribution < 1.29 is 9.53 Å². The van der Waals surface area contributed by atoms with Gasteiger partial charge in [-0.05, 0) is 18.9 Å². The van der Waals surface area contributed by atoms with Gasteiger partial charge in [-0.1, -0.05) is 29.8 Å². The topological polar surface area (TPSA) is 50.4 Å². The van der Waals surface area contributed by atoms with E-state index in [1.165, 1.54) is 11.1 Å². The van der Waals surface area contributed by atoms with Crippen LogP contribution in [0.5, 0.6) is 0 Å². The molecule has 1 aliphatic heterocycles. The van der Waals surface area contributed by atoms with Gasteiger partial charge in [0.1, 0.15) is 0 Å². The van der Waals surface area contributed by atoms with Crippen LogP contribution in [0, 0.1) is 6.92 Å². The van der Waals surface area contributed by atoms with E-state index < -0.39 is 0 Å². The summed E-state index contributed by atoms with van der Waals surface area (Å²) in [6.07, 6.45) is 1.39. The average molecular weight is 262 g/mol. The molecule has 2 rings (SSSR count). The quantitative estimate of drug-likeness (QED) is 0.833. The molecule has 2 atom stereocenters. The Morgan fingerprint density at radius 1 is 1.37 bits per heavy atom. The first-order chi connectivity index (χ1) is 9.19. The zero-order valence-corrected chi connectivity index (χ0v) is 11.6. The maximum Gasteiger partial charge on any atom is 0.220 e. The molecule has 0 aliphatic carbocycles. The van der Waals surface area contributed by atoms with Crippen molar-refractivity contribution in [3.05, 3.63) is 35.4 Å². The molecule has 1 aliphatic rings. The number of amides is 1. The van der Waals surface area contributed by atoms with Gasteiger partial charge in [0, 0.05) is 26.6 Å². The summed E-state index contributed by atoms with van der Waals surface area (Å²) in [6.45, 7) is 3.66. The van der Waals surface area contributed by atoms with Crippen molar-refractivity contribution in [2.24, 2.45) is 0 Å².